The first-order valence-corrected chi connectivity index (χ1v) is 11.3. The quantitative estimate of drug-likeness (QED) is 0.736. The molecule has 1 rings (SSSR count). The fourth-order valence-electron chi connectivity index (χ4n) is 3.68. The lowest BCUT2D eigenvalue weighted by Crippen LogP contribution is -2.57. The van der Waals surface area contributed by atoms with Crippen molar-refractivity contribution in [3.63, 3.8) is 0 Å². The molecular formula is C16H36N2OSi. The van der Waals surface area contributed by atoms with E-state index in [0.29, 0.717) is 0 Å². The Balaban J connectivity index is 2.91. The Morgan fingerprint density at radius 3 is 1.85 bits per heavy atom. The topological polar surface area (TPSA) is 61.3 Å². The van der Waals surface area contributed by atoms with Crippen LogP contribution in [-0.4, -0.2) is 26.0 Å². The smallest absolute Gasteiger partial charge is 0.187 e. The molecule has 0 aromatic heterocycles. The summed E-state index contributed by atoms with van der Waals surface area (Å²) < 4.78 is 6.60. The zero-order valence-electron chi connectivity index (χ0n) is 14.5. The Bertz CT molecular complexity index is 296. The lowest BCUT2D eigenvalue weighted by Gasteiger charge is -2.55. The molecule has 0 radical (unpaired) electrons. The maximum Gasteiger partial charge on any atom is 0.187 e. The van der Waals surface area contributed by atoms with Gasteiger partial charge < -0.3 is 15.9 Å². The summed E-state index contributed by atoms with van der Waals surface area (Å²) in [4.78, 5) is 0. The van der Waals surface area contributed by atoms with Crippen LogP contribution < -0.4 is 11.5 Å². The van der Waals surface area contributed by atoms with E-state index < -0.39 is 8.32 Å². The van der Waals surface area contributed by atoms with Crippen molar-refractivity contribution in [1.29, 1.82) is 0 Å². The van der Waals surface area contributed by atoms with E-state index in [-0.39, 0.29) is 23.1 Å². The third-order valence-corrected chi connectivity index (χ3v) is 7.69. The van der Waals surface area contributed by atoms with Crippen LogP contribution in [0.1, 0.15) is 59.8 Å². The third kappa shape index (κ3) is 4.55. The van der Waals surface area contributed by atoms with Gasteiger partial charge in [0, 0.05) is 12.1 Å². The summed E-state index contributed by atoms with van der Waals surface area (Å²) in [5.41, 5.74) is 12.2. The molecule has 0 amide bonds. The van der Waals surface area contributed by atoms with E-state index >= 15 is 0 Å². The number of hydrogen-bond donors (Lipinski definition) is 2. The predicted octanol–water partition coefficient (Wildman–Crippen LogP) is 3.63. The van der Waals surface area contributed by atoms with Crippen molar-refractivity contribution in [3.8, 4) is 0 Å². The molecule has 1 saturated heterocycles. The van der Waals surface area contributed by atoms with Gasteiger partial charge in [-0.15, -0.1) is 0 Å². The van der Waals surface area contributed by atoms with Gasteiger partial charge in [-0.1, -0.05) is 0 Å². The molecule has 120 valence electrons. The summed E-state index contributed by atoms with van der Waals surface area (Å²) in [6.07, 6.45) is 5.75. The zero-order chi connectivity index (χ0) is 15.6. The third-order valence-electron chi connectivity index (χ3n) is 5.17. The summed E-state index contributed by atoms with van der Waals surface area (Å²) in [6, 6.07) is 1.80. The van der Waals surface area contributed by atoms with E-state index in [0.717, 1.165) is 25.7 Å². The monoisotopic (exact) mass is 300 g/mol. The minimum Gasteiger partial charge on any atom is -0.412 e. The summed E-state index contributed by atoms with van der Waals surface area (Å²) >= 11 is 0. The largest absolute Gasteiger partial charge is 0.412 e. The minimum absolute atomic E-state index is 0.0508. The van der Waals surface area contributed by atoms with Gasteiger partial charge >= 0.3 is 0 Å². The van der Waals surface area contributed by atoms with Crippen molar-refractivity contribution in [1.82, 2.24) is 0 Å². The molecule has 2 unspecified atom stereocenters. The van der Waals surface area contributed by atoms with Crippen molar-refractivity contribution in [3.05, 3.63) is 0 Å². The molecule has 0 spiro atoms. The van der Waals surface area contributed by atoms with Gasteiger partial charge in [0.2, 0.25) is 0 Å². The Morgan fingerprint density at radius 1 is 1.05 bits per heavy atom. The number of hydrogen-bond acceptors (Lipinski definition) is 3. The van der Waals surface area contributed by atoms with Crippen LogP contribution in [0.4, 0.5) is 0 Å². The van der Waals surface area contributed by atoms with Crippen molar-refractivity contribution >= 4 is 8.32 Å². The Hall–Kier alpha value is 0.0969. The molecule has 0 aromatic rings. The van der Waals surface area contributed by atoms with Gasteiger partial charge in [-0.2, -0.15) is 0 Å². The average molecular weight is 301 g/mol. The first-order valence-electron chi connectivity index (χ1n) is 8.21. The van der Waals surface area contributed by atoms with Crippen LogP contribution in [0.3, 0.4) is 0 Å². The lowest BCUT2D eigenvalue weighted by atomic mass is 9.65. The molecule has 1 aliphatic heterocycles. The van der Waals surface area contributed by atoms with Crippen LogP contribution in [0.25, 0.3) is 0 Å². The van der Waals surface area contributed by atoms with Crippen LogP contribution in [0.15, 0.2) is 0 Å². The van der Waals surface area contributed by atoms with E-state index in [2.05, 4.69) is 40.8 Å². The van der Waals surface area contributed by atoms with Gasteiger partial charge in [0.05, 0.1) is 5.60 Å². The van der Waals surface area contributed by atoms with Crippen LogP contribution in [0.5, 0.6) is 0 Å². The molecule has 4 N–H and O–H groups in total. The normalized spacial score (nSPS) is 31.8. The van der Waals surface area contributed by atoms with Crippen molar-refractivity contribution in [2.45, 2.75) is 96.6 Å². The maximum absolute atomic E-state index is 6.60. The van der Waals surface area contributed by atoms with Crippen molar-refractivity contribution < 1.29 is 4.43 Å². The predicted molar refractivity (Wildman–Crippen MR) is 90.3 cm³/mol. The number of rotatable bonds is 6. The molecule has 0 aromatic carbocycles. The van der Waals surface area contributed by atoms with Gasteiger partial charge in [0.25, 0.3) is 0 Å². The summed E-state index contributed by atoms with van der Waals surface area (Å²) in [6.45, 7) is 13.5. The summed E-state index contributed by atoms with van der Waals surface area (Å²) in [7, 11) is -1.49. The highest BCUT2D eigenvalue weighted by Crippen LogP contribution is 2.52. The standard InChI is InChI=1S/C16H36N2OSi/c1-13(17)7-9-16(10-8-14(2)18)11-12-20(5,6)19-15(16,3)4/h13-14H,7-12,17-18H2,1-6H3. The van der Waals surface area contributed by atoms with E-state index in [4.69, 9.17) is 15.9 Å². The maximum atomic E-state index is 6.60. The van der Waals surface area contributed by atoms with Crippen LogP contribution in [0.2, 0.25) is 19.1 Å². The summed E-state index contributed by atoms with van der Waals surface area (Å²) in [5.74, 6) is 0. The fourth-order valence-corrected chi connectivity index (χ4v) is 6.46. The molecule has 1 aliphatic rings. The van der Waals surface area contributed by atoms with Gasteiger partial charge in [-0.3, -0.25) is 0 Å². The second-order valence-electron chi connectivity index (χ2n) is 8.18. The molecule has 1 heterocycles. The molecule has 0 aliphatic carbocycles. The first kappa shape index (κ1) is 18.1. The summed E-state index contributed by atoms with van der Waals surface area (Å²) in [5, 5.41) is 0. The van der Waals surface area contributed by atoms with Crippen molar-refractivity contribution in [2.24, 2.45) is 16.9 Å². The molecule has 0 saturated carbocycles. The molecule has 2 atom stereocenters. The highest BCUT2D eigenvalue weighted by molar-refractivity contribution is 6.71. The van der Waals surface area contributed by atoms with Crippen LogP contribution in [0, 0.1) is 5.41 Å². The Morgan fingerprint density at radius 2 is 1.50 bits per heavy atom. The van der Waals surface area contributed by atoms with E-state index in [1.165, 1.54) is 12.5 Å². The second kappa shape index (κ2) is 6.47. The molecule has 1 fully saturated rings. The minimum atomic E-state index is -1.49. The van der Waals surface area contributed by atoms with Crippen molar-refractivity contribution in [2.75, 3.05) is 0 Å². The van der Waals surface area contributed by atoms with Crippen LogP contribution in [-0.2, 0) is 4.43 Å². The molecular weight excluding hydrogens is 264 g/mol. The van der Waals surface area contributed by atoms with Gasteiger partial charge in [-0.05, 0) is 84.4 Å². The van der Waals surface area contributed by atoms with Gasteiger partial charge in [-0.25, -0.2) is 0 Å². The zero-order valence-corrected chi connectivity index (χ0v) is 15.5. The SMILES string of the molecule is CC(N)CCC1(CCC(C)N)CC[Si](C)(C)OC1(C)C. The number of nitrogens with two attached hydrogens (primary N) is 2. The van der Waals surface area contributed by atoms with Gasteiger partial charge in [0.1, 0.15) is 0 Å². The first-order chi connectivity index (χ1) is 9.00. The fraction of sp³-hybridized carbons (Fsp3) is 1.00. The highest BCUT2D eigenvalue weighted by atomic mass is 28.4. The Kier molecular flexibility index (Phi) is 5.87. The average Bonchev–Trinajstić information content (AvgIpc) is 2.24. The lowest BCUT2D eigenvalue weighted by molar-refractivity contribution is -0.0751. The van der Waals surface area contributed by atoms with Gasteiger partial charge in [0.15, 0.2) is 8.32 Å². The molecule has 4 heteroatoms. The van der Waals surface area contributed by atoms with E-state index in [9.17, 15) is 0 Å². The Labute approximate surface area is 127 Å². The molecule has 3 nitrogen and oxygen atoms in total. The second-order valence-corrected chi connectivity index (χ2v) is 12.4. The molecule has 0 bridgehead atoms. The highest BCUT2D eigenvalue weighted by Gasteiger charge is 2.52. The van der Waals surface area contributed by atoms with Crippen LogP contribution >= 0.6 is 0 Å². The van der Waals surface area contributed by atoms with E-state index in [1.807, 2.05) is 0 Å². The molecule has 20 heavy (non-hydrogen) atoms. The van der Waals surface area contributed by atoms with E-state index in [1.54, 1.807) is 0 Å².